The molecule has 1 rings (SSSR count). The highest BCUT2D eigenvalue weighted by atomic mass is 16.3. The zero-order valence-corrected chi connectivity index (χ0v) is 6.26. The minimum atomic E-state index is 0.369. The summed E-state index contributed by atoms with van der Waals surface area (Å²) in [6.45, 7) is 4.09. The molecule has 1 aromatic carbocycles. The predicted octanol–water partition coefficient (Wildman–Crippen LogP) is 2.32. The van der Waals surface area contributed by atoms with Crippen LogP contribution in [0.15, 0.2) is 18.2 Å². The largest absolute Gasteiger partial charge is 0.508 e. The van der Waals surface area contributed by atoms with Gasteiger partial charge in [-0.25, -0.2) is 0 Å². The first-order chi connectivity index (χ1) is 4.72. The van der Waals surface area contributed by atoms with Crippen molar-refractivity contribution in [1.82, 2.24) is 0 Å². The maximum atomic E-state index is 9.26. The van der Waals surface area contributed by atoms with Gasteiger partial charge < -0.3 is 5.11 Å². The molecule has 10 heavy (non-hydrogen) atoms. The summed E-state index contributed by atoms with van der Waals surface area (Å²) < 4.78 is 0. The van der Waals surface area contributed by atoms with E-state index in [4.69, 9.17) is 0 Å². The van der Waals surface area contributed by atoms with Gasteiger partial charge in [0.1, 0.15) is 5.75 Å². The van der Waals surface area contributed by atoms with Crippen LogP contribution in [0.4, 0.5) is 0 Å². The van der Waals surface area contributed by atoms with Crippen molar-refractivity contribution in [1.29, 1.82) is 0 Å². The third-order valence-corrected chi connectivity index (χ3v) is 1.49. The van der Waals surface area contributed by atoms with E-state index in [1.165, 1.54) is 0 Å². The fourth-order valence-electron chi connectivity index (χ4n) is 0.898. The zero-order chi connectivity index (χ0) is 7.56. The van der Waals surface area contributed by atoms with Crippen LogP contribution < -0.4 is 0 Å². The molecule has 1 nitrogen and oxygen atoms in total. The second-order valence-corrected chi connectivity index (χ2v) is 2.64. The minimum absolute atomic E-state index is 0.369. The monoisotopic (exact) mass is 135 g/mol. The summed E-state index contributed by atoms with van der Waals surface area (Å²) in [7, 11) is 0. The van der Waals surface area contributed by atoms with Gasteiger partial charge in [0.2, 0.25) is 0 Å². The van der Waals surface area contributed by atoms with Crippen LogP contribution >= 0.6 is 0 Å². The van der Waals surface area contributed by atoms with Gasteiger partial charge in [0, 0.05) is 0 Å². The van der Waals surface area contributed by atoms with E-state index in [1.54, 1.807) is 12.1 Å². The van der Waals surface area contributed by atoms with Gasteiger partial charge in [0.15, 0.2) is 0 Å². The molecular weight excluding hydrogens is 124 g/mol. The molecule has 0 amide bonds. The van der Waals surface area contributed by atoms with Crippen molar-refractivity contribution in [3.63, 3.8) is 0 Å². The van der Waals surface area contributed by atoms with Gasteiger partial charge >= 0.3 is 0 Å². The topological polar surface area (TPSA) is 20.2 Å². The average molecular weight is 135 g/mol. The molecule has 0 spiro atoms. The second-order valence-electron chi connectivity index (χ2n) is 2.64. The number of phenolic OH excluding ortho intramolecular Hbond substituents is 1. The van der Waals surface area contributed by atoms with E-state index < -0.39 is 0 Å². The molecule has 0 atom stereocenters. The Labute approximate surface area is 61.3 Å². The van der Waals surface area contributed by atoms with Crippen molar-refractivity contribution >= 4 is 0 Å². The van der Waals surface area contributed by atoms with Gasteiger partial charge in [-0.15, -0.1) is 0 Å². The number of benzene rings is 1. The Balaban J connectivity index is 3.03. The first-order valence-corrected chi connectivity index (χ1v) is 3.41. The lowest BCUT2D eigenvalue weighted by atomic mass is 10.0. The Morgan fingerprint density at radius 2 is 2.20 bits per heavy atom. The van der Waals surface area contributed by atoms with Gasteiger partial charge in [-0.05, 0) is 29.7 Å². The summed E-state index contributed by atoms with van der Waals surface area (Å²) in [6.07, 6.45) is 0. The summed E-state index contributed by atoms with van der Waals surface area (Å²) in [5.74, 6) is 0.742. The number of hydrogen-bond acceptors (Lipinski definition) is 1. The van der Waals surface area contributed by atoms with Crippen molar-refractivity contribution in [3.05, 3.63) is 29.8 Å². The SMILES string of the molecule is CC(C)c1c[c]ccc1O. The Kier molecular flexibility index (Phi) is 1.95. The van der Waals surface area contributed by atoms with Crippen molar-refractivity contribution < 1.29 is 5.11 Å². The van der Waals surface area contributed by atoms with Gasteiger partial charge in [0.25, 0.3) is 0 Å². The van der Waals surface area contributed by atoms with E-state index in [2.05, 4.69) is 6.07 Å². The molecule has 1 heteroatoms. The van der Waals surface area contributed by atoms with E-state index in [0.717, 1.165) is 5.56 Å². The highest BCUT2D eigenvalue weighted by Gasteiger charge is 2.02. The molecule has 53 valence electrons. The molecule has 0 unspecified atom stereocenters. The molecular formula is C9H11O. The number of hydrogen-bond donors (Lipinski definition) is 1. The predicted molar refractivity (Wildman–Crippen MR) is 41.0 cm³/mol. The smallest absolute Gasteiger partial charge is 0.119 e. The van der Waals surface area contributed by atoms with Crippen LogP contribution in [0.25, 0.3) is 0 Å². The summed E-state index contributed by atoms with van der Waals surface area (Å²) in [6, 6.07) is 8.11. The second kappa shape index (κ2) is 2.74. The van der Waals surface area contributed by atoms with Crippen LogP contribution in [-0.2, 0) is 0 Å². The molecule has 0 aliphatic rings. The molecule has 0 bridgehead atoms. The number of aromatic hydroxyl groups is 1. The maximum Gasteiger partial charge on any atom is 0.119 e. The average Bonchev–Trinajstić information content (AvgIpc) is 1.88. The van der Waals surface area contributed by atoms with Crippen LogP contribution in [0.5, 0.6) is 5.75 Å². The third-order valence-electron chi connectivity index (χ3n) is 1.49. The van der Waals surface area contributed by atoms with E-state index >= 15 is 0 Å². The third kappa shape index (κ3) is 1.29. The Bertz CT molecular complexity index is 216. The van der Waals surface area contributed by atoms with Crippen molar-refractivity contribution in [2.24, 2.45) is 0 Å². The van der Waals surface area contributed by atoms with Gasteiger partial charge in [-0.3, -0.25) is 0 Å². The van der Waals surface area contributed by atoms with Crippen LogP contribution in [0.2, 0.25) is 0 Å². The van der Waals surface area contributed by atoms with E-state index in [-0.39, 0.29) is 0 Å². The van der Waals surface area contributed by atoms with Crippen molar-refractivity contribution in [2.75, 3.05) is 0 Å². The summed E-state index contributed by atoms with van der Waals surface area (Å²) in [4.78, 5) is 0. The lowest BCUT2D eigenvalue weighted by Crippen LogP contribution is -1.86. The molecule has 1 N–H and O–H groups in total. The van der Waals surface area contributed by atoms with Gasteiger partial charge in [-0.1, -0.05) is 19.9 Å². The normalized spacial score (nSPS) is 10.3. The minimum Gasteiger partial charge on any atom is -0.508 e. The Hall–Kier alpha value is -0.980. The van der Waals surface area contributed by atoms with Crippen LogP contribution in [-0.4, -0.2) is 5.11 Å². The molecule has 0 fully saturated rings. The first-order valence-electron chi connectivity index (χ1n) is 3.41. The van der Waals surface area contributed by atoms with Crippen LogP contribution in [0.3, 0.4) is 0 Å². The van der Waals surface area contributed by atoms with Crippen LogP contribution in [0, 0.1) is 6.07 Å². The zero-order valence-electron chi connectivity index (χ0n) is 6.26. The van der Waals surface area contributed by atoms with Crippen molar-refractivity contribution in [3.8, 4) is 5.75 Å². The standard InChI is InChI=1S/C9H11O/c1-7(2)8-5-3-4-6-9(8)10/h4-7,10H,1-2H3. The highest BCUT2D eigenvalue weighted by Crippen LogP contribution is 2.23. The molecule has 0 aliphatic heterocycles. The van der Waals surface area contributed by atoms with Gasteiger partial charge in [0.05, 0.1) is 0 Å². The fraction of sp³-hybridized carbons (Fsp3) is 0.333. The molecule has 0 heterocycles. The van der Waals surface area contributed by atoms with E-state index in [0.29, 0.717) is 11.7 Å². The van der Waals surface area contributed by atoms with E-state index in [9.17, 15) is 5.11 Å². The number of phenols is 1. The molecule has 1 radical (unpaired) electrons. The number of rotatable bonds is 1. The maximum absolute atomic E-state index is 9.26. The molecule has 1 aromatic rings. The molecule has 0 saturated carbocycles. The summed E-state index contributed by atoms with van der Waals surface area (Å²) in [5.41, 5.74) is 0.961. The Morgan fingerprint density at radius 1 is 1.50 bits per heavy atom. The fourth-order valence-corrected chi connectivity index (χ4v) is 0.898. The highest BCUT2D eigenvalue weighted by molar-refractivity contribution is 5.33. The lowest BCUT2D eigenvalue weighted by molar-refractivity contribution is 0.465. The molecule has 0 saturated heterocycles. The van der Waals surface area contributed by atoms with Crippen LogP contribution in [0.1, 0.15) is 25.3 Å². The quantitative estimate of drug-likeness (QED) is 0.626. The van der Waals surface area contributed by atoms with E-state index in [1.807, 2.05) is 19.9 Å². The molecule has 0 aliphatic carbocycles. The summed E-state index contributed by atoms with van der Waals surface area (Å²) in [5, 5.41) is 9.26. The Morgan fingerprint density at radius 3 is 2.60 bits per heavy atom. The molecule has 0 aromatic heterocycles. The van der Waals surface area contributed by atoms with Gasteiger partial charge in [-0.2, -0.15) is 0 Å². The lowest BCUT2D eigenvalue weighted by Gasteiger charge is -2.05. The first kappa shape index (κ1) is 7.13. The van der Waals surface area contributed by atoms with Crippen molar-refractivity contribution in [2.45, 2.75) is 19.8 Å². The summed E-state index contributed by atoms with van der Waals surface area (Å²) >= 11 is 0.